The van der Waals surface area contributed by atoms with Gasteiger partial charge < -0.3 is 10.2 Å². The molecule has 1 aromatic heterocycles. The molecule has 146 valence electrons. The number of amides is 1. The van der Waals surface area contributed by atoms with Crippen LogP contribution >= 0.6 is 11.3 Å². The molecule has 1 unspecified atom stereocenters. The number of anilines is 1. The van der Waals surface area contributed by atoms with Gasteiger partial charge in [-0.3, -0.25) is 4.79 Å². The fraction of sp³-hybridized carbons (Fsp3) is 0.421. The zero-order valence-electron chi connectivity index (χ0n) is 15.4. The predicted molar refractivity (Wildman–Crippen MR) is 109 cm³/mol. The highest BCUT2D eigenvalue weighted by Crippen LogP contribution is 2.26. The van der Waals surface area contributed by atoms with E-state index in [1.807, 2.05) is 37.4 Å². The van der Waals surface area contributed by atoms with Crippen LogP contribution in [0.2, 0.25) is 0 Å². The van der Waals surface area contributed by atoms with Crippen LogP contribution in [0.15, 0.2) is 52.1 Å². The van der Waals surface area contributed by atoms with Crippen molar-refractivity contribution in [2.24, 2.45) is 5.92 Å². The summed E-state index contributed by atoms with van der Waals surface area (Å²) in [4.78, 5) is 14.6. The third-order valence-corrected chi connectivity index (χ3v) is 8.03. The zero-order valence-corrected chi connectivity index (χ0v) is 17.0. The number of nitrogens with zero attached hydrogens (tertiary/aromatic N) is 2. The Morgan fingerprint density at radius 1 is 1.26 bits per heavy atom. The second-order valence-corrected chi connectivity index (χ2v) is 9.79. The van der Waals surface area contributed by atoms with Crippen molar-refractivity contribution in [1.29, 1.82) is 0 Å². The second-order valence-electron chi connectivity index (χ2n) is 6.68. The average Bonchev–Trinajstić information content (AvgIpc) is 3.24. The first-order valence-corrected chi connectivity index (χ1v) is 11.4. The monoisotopic (exact) mass is 407 g/mol. The number of hydrogen-bond acceptors (Lipinski definition) is 5. The molecule has 1 aliphatic rings. The van der Waals surface area contributed by atoms with Crippen LogP contribution in [0.5, 0.6) is 0 Å². The van der Waals surface area contributed by atoms with E-state index in [4.69, 9.17) is 0 Å². The number of hydrogen-bond donors (Lipinski definition) is 1. The van der Waals surface area contributed by atoms with Gasteiger partial charge in [0, 0.05) is 38.9 Å². The van der Waals surface area contributed by atoms with Crippen molar-refractivity contribution in [1.82, 2.24) is 9.62 Å². The van der Waals surface area contributed by atoms with Crippen LogP contribution in [-0.4, -0.2) is 51.9 Å². The molecule has 1 N–H and O–H groups in total. The molecule has 0 spiro atoms. The number of sulfonamides is 1. The molecule has 2 aromatic rings. The number of carbonyl (C=O) groups excluding carboxylic acids is 1. The van der Waals surface area contributed by atoms with Crippen LogP contribution in [0, 0.1) is 5.92 Å². The van der Waals surface area contributed by atoms with E-state index in [1.54, 1.807) is 17.5 Å². The van der Waals surface area contributed by atoms with E-state index >= 15 is 0 Å². The summed E-state index contributed by atoms with van der Waals surface area (Å²) in [6.45, 7) is 1.94. The SMILES string of the molecule is CN(CCNC(=O)C1CCCN(S(=O)(=O)c2cccs2)C1)c1ccccc1. The molecule has 27 heavy (non-hydrogen) atoms. The fourth-order valence-corrected chi connectivity index (χ4v) is 5.88. The number of benzene rings is 1. The number of thiophene rings is 1. The van der Waals surface area contributed by atoms with Crippen molar-refractivity contribution in [3.63, 3.8) is 0 Å². The lowest BCUT2D eigenvalue weighted by atomic mass is 9.99. The summed E-state index contributed by atoms with van der Waals surface area (Å²) in [6.07, 6.45) is 1.42. The van der Waals surface area contributed by atoms with Crippen molar-refractivity contribution in [2.75, 3.05) is 38.1 Å². The van der Waals surface area contributed by atoms with Crippen LogP contribution in [0.4, 0.5) is 5.69 Å². The van der Waals surface area contributed by atoms with E-state index in [-0.39, 0.29) is 18.4 Å². The smallest absolute Gasteiger partial charge is 0.252 e. The maximum absolute atomic E-state index is 12.7. The van der Waals surface area contributed by atoms with Gasteiger partial charge in [-0.05, 0) is 36.4 Å². The van der Waals surface area contributed by atoms with Crippen LogP contribution in [0.25, 0.3) is 0 Å². The first-order valence-electron chi connectivity index (χ1n) is 9.06. The van der Waals surface area contributed by atoms with Gasteiger partial charge in [-0.1, -0.05) is 24.3 Å². The predicted octanol–water partition coefficient (Wildman–Crippen LogP) is 2.40. The Bertz CT molecular complexity index is 838. The van der Waals surface area contributed by atoms with Gasteiger partial charge in [-0.15, -0.1) is 11.3 Å². The van der Waals surface area contributed by atoms with Gasteiger partial charge in [-0.2, -0.15) is 4.31 Å². The Hall–Kier alpha value is -1.90. The molecule has 1 saturated heterocycles. The molecule has 1 fully saturated rings. The second kappa shape index (κ2) is 8.86. The summed E-state index contributed by atoms with van der Waals surface area (Å²) in [6, 6.07) is 13.3. The van der Waals surface area contributed by atoms with E-state index in [0.29, 0.717) is 30.3 Å². The lowest BCUT2D eigenvalue weighted by Gasteiger charge is -2.31. The van der Waals surface area contributed by atoms with Crippen LogP contribution in [0.3, 0.4) is 0 Å². The number of nitrogens with one attached hydrogen (secondary N) is 1. The van der Waals surface area contributed by atoms with Crippen molar-refractivity contribution >= 4 is 33.0 Å². The molecule has 3 rings (SSSR count). The maximum Gasteiger partial charge on any atom is 0.252 e. The lowest BCUT2D eigenvalue weighted by molar-refractivity contribution is -0.126. The molecule has 1 aromatic carbocycles. The average molecular weight is 408 g/mol. The number of likely N-dealkylation sites (N-methyl/N-ethyl adjacent to an activating group) is 1. The van der Waals surface area contributed by atoms with Crippen molar-refractivity contribution in [3.05, 3.63) is 47.8 Å². The molecule has 2 heterocycles. The zero-order chi connectivity index (χ0) is 19.3. The van der Waals surface area contributed by atoms with Crippen molar-refractivity contribution < 1.29 is 13.2 Å². The standard InChI is InChI=1S/C19H25N3O3S2/c1-21(17-8-3-2-4-9-17)13-11-20-19(23)16-7-5-12-22(15-16)27(24,25)18-10-6-14-26-18/h2-4,6,8-10,14,16H,5,7,11-13,15H2,1H3,(H,20,23). The van der Waals surface area contributed by atoms with Gasteiger partial charge in [0.1, 0.15) is 4.21 Å². The van der Waals surface area contributed by atoms with E-state index in [9.17, 15) is 13.2 Å². The molecule has 1 amide bonds. The Morgan fingerprint density at radius 2 is 2.04 bits per heavy atom. The summed E-state index contributed by atoms with van der Waals surface area (Å²) in [5.74, 6) is -0.363. The summed E-state index contributed by atoms with van der Waals surface area (Å²) in [5, 5.41) is 4.71. The van der Waals surface area contributed by atoms with E-state index < -0.39 is 10.0 Å². The normalized spacial score (nSPS) is 18.2. The molecule has 8 heteroatoms. The molecule has 0 aliphatic carbocycles. The van der Waals surface area contributed by atoms with Gasteiger partial charge in [-0.25, -0.2) is 8.42 Å². The van der Waals surface area contributed by atoms with Gasteiger partial charge in [0.05, 0.1) is 5.92 Å². The Kier molecular flexibility index (Phi) is 6.51. The van der Waals surface area contributed by atoms with E-state index in [1.165, 1.54) is 15.6 Å². The van der Waals surface area contributed by atoms with E-state index in [0.717, 1.165) is 12.1 Å². The summed E-state index contributed by atoms with van der Waals surface area (Å²) >= 11 is 1.21. The molecule has 1 atom stereocenters. The van der Waals surface area contributed by atoms with Crippen molar-refractivity contribution in [3.8, 4) is 0 Å². The first-order chi connectivity index (χ1) is 13.0. The minimum Gasteiger partial charge on any atom is -0.373 e. The van der Waals surface area contributed by atoms with Crippen LogP contribution in [0.1, 0.15) is 12.8 Å². The van der Waals surface area contributed by atoms with Crippen LogP contribution < -0.4 is 10.2 Å². The van der Waals surface area contributed by atoms with Crippen molar-refractivity contribution in [2.45, 2.75) is 17.1 Å². The maximum atomic E-state index is 12.7. The van der Waals surface area contributed by atoms with E-state index in [2.05, 4.69) is 10.2 Å². The minimum atomic E-state index is -3.49. The summed E-state index contributed by atoms with van der Waals surface area (Å²) in [7, 11) is -1.51. The third kappa shape index (κ3) is 4.88. The number of rotatable bonds is 7. The van der Waals surface area contributed by atoms with Crippen LogP contribution in [-0.2, 0) is 14.8 Å². The summed E-state index contributed by atoms with van der Waals surface area (Å²) < 4.78 is 27.1. The van der Waals surface area contributed by atoms with Gasteiger partial charge in [0.2, 0.25) is 5.91 Å². The fourth-order valence-electron chi connectivity index (χ4n) is 3.21. The number of para-hydroxylation sites is 1. The quantitative estimate of drug-likeness (QED) is 0.765. The summed E-state index contributed by atoms with van der Waals surface area (Å²) in [5.41, 5.74) is 1.10. The topological polar surface area (TPSA) is 69.7 Å². The lowest BCUT2D eigenvalue weighted by Crippen LogP contribution is -2.46. The molecular formula is C19H25N3O3S2. The van der Waals surface area contributed by atoms with Gasteiger partial charge in [0.25, 0.3) is 10.0 Å². The highest BCUT2D eigenvalue weighted by molar-refractivity contribution is 7.91. The Morgan fingerprint density at radius 3 is 2.74 bits per heavy atom. The molecule has 6 nitrogen and oxygen atoms in total. The molecule has 0 saturated carbocycles. The Balaban J connectivity index is 1.51. The van der Waals surface area contributed by atoms with Gasteiger partial charge >= 0.3 is 0 Å². The Labute approximate surface area is 164 Å². The largest absolute Gasteiger partial charge is 0.373 e. The third-order valence-electron chi connectivity index (χ3n) is 4.79. The number of carbonyl (C=O) groups is 1. The highest BCUT2D eigenvalue weighted by atomic mass is 32.2. The first kappa shape index (κ1) is 19.9. The highest BCUT2D eigenvalue weighted by Gasteiger charge is 2.33. The van der Waals surface area contributed by atoms with Gasteiger partial charge in [0.15, 0.2) is 0 Å². The molecule has 0 radical (unpaired) electrons. The molecule has 1 aliphatic heterocycles. The molecule has 0 bridgehead atoms. The minimum absolute atomic E-state index is 0.0671. The number of piperidine rings is 1. The molecular weight excluding hydrogens is 382 g/mol.